The number of hydrogen-bond donors (Lipinski definition) is 0. The third-order valence-electron chi connectivity index (χ3n) is 2.02. The maximum atomic E-state index is 12.2. The van der Waals surface area contributed by atoms with Gasteiger partial charge in [0.25, 0.3) is 0 Å². The smallest absolute Gasteiger partial charge is 0.449 e. The van der Waals surface area contributed by atoms with E-state index in [0.717, 1.165) is 0 Å². The summed E-state index contributed by atoms with van der Waals surface area (Å²) in [6.45, 7) is 0.986. The molecule has 0 aromatic carbocycles. The molecule has 0 atom stereocenters. The van der Waals surface area contributed by atoms with Crippen molar-refractivity contribution in [1.29, 1.82) is 0 Å². The molecule has 0 amide bonds. The predicted octanol–water partition coefficient (Wildman–Crippen LogP) is 3.31. The van der Waals surface area contributed by atoms with Crippen LogP contribution in [-0.2, 0) is 11.7 Å². The van der Waals surface area contributed by atoms with Gasteiger partial charge >= 0.3 is 6.98 Å². The summed E-state index contributed by atoms with van der Waals surface area (Å²) in [6, 6.07) is 4.81. The van der Waals surface area contributed by atoms with Gasteiger partial charge in [-0.2, -0.15) is 0 Å². The lowest BCUT2D eigenvalue weighted by atomic mass is 9.83. The Morgan fingerprint density at radius 3 is 2.27 bits per heavy atom. The second-order valence-corrected chi connectivity index (χ2v) is 4.68. The average Bonchev–Trinajstić information content (AvgIpc) is 1.99. The standard InChI is InChI=1S/C10H14BF3N/c1-10(2,3)9-6-4-5-8(15-9)7-11(12,13)14/h4-6H,7H2,1-3H3/q-1. The maximum Gasteiger partial charge on any atom is 0.484 e. The van der Waals surface area contributed by atoms with Crippen molar-refractivity contribution in [3.05, 3.63) is 29.6 Å². The van der Waals surface area contributed by atoms with Crippen LogP contribution >= 0.6 is 0 Å². The SMILES string of the molecule is CC(C)(C)c1cccc(C[B-](F)(F)F)n1. The Morgan fingerprint density at radius 1 is 1.20 bits per heavy atom. The zero-order chi connectivity index (χ0) is 11.7. The van der Waals surface area contributed by atoms with Gasteiger partial charge in [-0.3, -0.25) is 4.98 Å². The molecule has 0 aliphatic heterocycles. The Bertz CT molecular complexity index is 341. The van der Waals surface area contributed by atoms with Crippen LogP contribution in [0.4, 0.5) is 12.9 Å². The fraction of sp³-hybridized carbons (Fsp3) is 0.500. The molecule has 1 heterocycles. The summed E-state index contributed by atoms with van der Waals surface area (Å²) in [6.07, 6.45) is -0.899. The molecule has 0 aliphatic rings. The fourth-order valence-electron chi connectivity index (χ4n) is 1.25. The molecule has 5 heteroatoms. The van der Waals surface area contributed by atoms with Gasteiger partial charge in [0.2, 0.25) is 0 Å². The van der Waals surface area contributed by atoms with E-state index in [9.17, 15) is 12.9 Å². The molecule has 0 fully saturated rings. The Morgan fingerprint density at radius 2 is 1.80 bits per heavy atom. The topological polar surface area (TPSA) is 12.9 Å². The van der Waals surface area contributed by atoms with Crippen LogP contribution in [0.2, 0.25) is 0 Å². The van der Waals surface area contributed by atoms with E-state index in [1.807, 2.05) is 20.8 Å². The molecular weight excluding hydrogens is 202 g/mol. The van der Waals surface area contributed by atoms with Gasteiger partial charge in [0.15, 0.2) is 0 Å². The van der Waals surface area contributed by atoms with E-state index >= 15 is 0 Å². The molecule has 0 spiro atoms. The first kappa shape index (κ1) is 12.1. The number of aromatic nitrogens is 1. The second kappa shape index (κ2) is 3.87. The summed E-state index contributed by atoms with van der Waals surface area (Å²) in [5.41, 5.74) is 0.587. The van der Waals surface area contributed by atoms with Crippen molar-refractivity contribution in [2.24, 2.45) is 0 Å². The molecule has 0 bridgehead atoms. The van der Waals surface area contributed by atoms with Crippen molar-refractivity contribution >= 4 is 6.98 Å². The summed E-state index contributed by atoms with van der Waals surface area (Å²) in [5.74, 6) is 0. The molecule has 0 saturated carbocycles. The second-order valence-electron chi connectivity index (χ2n) is 4.68. The lowest BCUT2D eigenvalue weighted by Gasteiger charge is -2.20. The van der Waals surface area contributed by atoms with Crippen LogP contribution in [0.1, 0.15) is 32.2 Å². The van der Waals surface area contributed by atoms with Crippen LogP contribution in [0.25, 0.3) is 0 Å². The molecule has 15 heavy (non-hydrogen) atoms. The maximum absolute atomic E-state index is 12.2. The highest BCUT2D eigenvalue weighted by Crippen LogP contribution is 2.21. The molecule has 1 aromatic rings. The van der Waals surface area contributed by atoms with Crippen molar-refractivity contribution < 1.29 is 12.9 Å². The van der Waals surface area contributed by atoms with Gasteiger partial charge in [0, 0.05) is 16.8 Å². The fourth-order valence-corrected chi connectivity index (χ4v) is 1.25. The van der Waals surface area contributed by atoms with Gasteiger partial charge in [0.05, 0.1) is 0 Å². The first-order valence-corrected chi connectivity index (χ1v) is 4.86. The lowest BCUT2D eigenvalue weighted by Crippen LogP contribution is -2.22. The summed E-state index contributed by atoms with van der Waals surface area (Å²) < 4.78 is 36.6. The van der Waals surface area contributed by atoms with Crippen LogP contribution < -0.4 is 0 Å². The Labute approximate surface area is 87.8 Å². The first-order valence-electron chi connectivity index (χ1n) is 4.86. The van der Waals surface area contributed by atoms with E-state index in [1.54, 1.807) is 12.1 Å². The zero-order valence-electron chi connectivity index (χ0n) is 9.10. The lowest BCUT2D eigenvalue weighted by molar-refractivity contribution is 0.466. The van der Waals surface area contributed by atoms with Crippen LogP contribution in [0.3, 0.4) is 0 Å². The van der Waals surface area contributed by atoms with E-state index < -0.39 is 13.3 Å². The van der Waals surface area contributed by atoms with Crippen LogP contribution in [0.15, 0.2) is 18.2 Å². The van der Waals surface area contributed by atoms with Gasteiger partial charge in [-0.1, -0.05) is 26.8 Å². The quantitative estimate of drug-likeness (QED) is 0.691. The zero-order valence-corrected chi connectivity index (χ0v) is 9.10. The number of pyridine rings is 1. The minimum Gasteiger partial charge on any atom is -0.449 e. The van der Waals surface area contributed by atoms with E-state index in [4.69, 9.17) is 0 Å². The van der Waals surface area contributed by atoms with Crippen molar-refractivity contribution in [2.75, 3.05) is 0 Å². The van der Waals surface area contributed by atoms with Crippen LogP contribution in [0.5, 0.6) is 0 Å². The normalized spacial score (nSPS) is 12.9. The molecular formula is C10H14BF3N-. The number of rotatable bonds is 2. The Kier molecular flexibility index (Phi) is 3.12. The van der Waals surface area contributed by atoms with Gasteiger partial charge in [-0.25, -0.2) is 0 Å². The minimum absolute atomic E-state index is 0.106. The summed E-state index contributed by atoms with van der Waals surface area (Å²) in [4.78, 5) is 4.03. The number of nitrogens with zero attached hydrogens (tertiary/aromatic N) is 1. The molecule has 0 N–H and O–H groups in total. The van der Waals surface area contributed by atoms with Gasteiger partial charge in [-0.05, 0) is 18.5 Å². The van der Waals surface area contributed by atoms with E-state index in [1.165, 1.54) is 6.07 Å². The molecule has 0 unspecified atom stereocenters. The average molecular weight is 216 g/mol. The number of hydrogen-bond acceptors (Lipinski definition) is 1. The van der Waals surface area contributed by atoms with Gasteiger partial charge in [0.1, 0.15) is 0 Å². The minimum atomic E-state index is -4.80. The summed E-state index contributed by atoms with van der Waals surface area (Å²) >= 11 is 0. The van der Waals surface area contributed by atoms with Crippen molar-refractivity contribution in [2.45, 2.75) is 32.5 Å². The van der Waals surface area contributed by atoms with Crippen molar-refractivity contribution in [3.63, 3.8) is 0 Å². The largest absolute Gasteiger partial charge is 0.484 e. The van der Waals surface area contributed by atoms with Gasteiger partial charge < -0.3 is 12.9 Å². The van der Waals surface area contributed by atoms with E-state index in [0.29, 0.717) is 5.69 Å². The highest BCUT2D eigenvalue weighted by molar-refractivity contribution is 6.57. The Balaban J connectivity index is 2.94. The highest BCUT2D eigenvalue weighted by Gasteiger charge is 2.24. The molecule has 84 valence electrons. The third kappa shape index (κ3) is 3.94. The third-order valence-corrected chi connectivity index (χ3v) is 2.02. The van der Waals surface area contributed by atoms with Gasteiger partial charge in [-0.15, -0.1) is 0 Å². The number of halogens is 3. The van der Waals surface area contributed by atoms with Crippen molar-refractivity contribution in [1.82, 2.24) is 4.98 Å². The van der Waals surface area contributed by atoms with E-state index in [2.05, 4.69) is 4.98 Å². The van der Waals surface area contributed by atoms with Crippen LogP contribution in [-0.4, -0.2) is 12.0 Å². The highest BCUT2D eigenvalue weighted by atomic mass is 19.4. The molecule has 1 aromatic heterocycles. The summed E-state index contributed by atoms with van der Waals surface area (Å²) in [7, 11) is 0. The molecule has 0 radical (unpaired) electrons. The monoisotopic (exact) mass is 216 g/mol. The molecule has 1 nitrogen and oxygen atoms in total. The Hall–Kier alpha value is -0.995. The molecule has 0 saturated heterocycles. The first-order chi connectivity index (χ1) is 6.68. The molecule has 1 rings (SSSR count). The van der Waals surface area contributed by atoms with Crippen molar-refractivity contribution in [3.8, 4) is 0 Å². The van der Waals surface area contributed by atoms with Crippen LogP contribution in [0, 0.1) is 0 Å². The summed E-state index contributed by atoms with van der Waals surface area (Å²) in [5, 5.41) is 0. The predicted molar refractivity (Wildman–Crippen MR) is 55.7 cm³/mol. The van der Waals surface area contributed by atoms with E-state index in [-0.39, 0.29) is 11.1 Å². The molecule has 0 aliphatic carbocycles.